The van der Waals surface area contributed by atoms with Gasteiger partial charge in [-0.15, -0.1) is 4.72 Å². The molecule has 0 radical (unpaired) electrons. The number of anilines is 1. The zero-order valence-electron chi connectivity index (χ0n) is 9.00. The van der Waals surface area contributed by atoms with Gasteiger partial charge < -0.3 is 10.3 Å². The molecule has 0 spiro atoms. The Kier molecular flexibility index (Phi) is 3.59. The molecule has 1 rings (SSSR count). The van der Waals surface area contributed by atoms with Gasteiger partial charge in [-0.05, 0) is 32.9 Å². The van der Waals surface area contributed by atoms with E-state index < -0.39 is 17.2 Å². The molecule has 15 heavy (non-hydrogen) atoms. The molecule has 0 saturated carbocycles. The minimum Gasteiger partial charge on any atom is -0.593 e. The standard InChI is InChI=1S/C10H15FN2OS/c1-10(2,3)13-15(14)7-4-5-9(12)8(11)6-7/h4-6,13H,12H2,1-3H3. The fourth-order valence-electron chi connectivity index (χ4n) is 0.960. The van der Waals surface area contributed by atoms with Gasteiger partial charge in [0.1, 0.15) is 0 Å². The first-order valence-electron chi connectivity index (χ1n) is 4.54. The zero-order valence-corrected chi connectivity index (χ0v) is 9.82. The van der Waals surface area contributed by atoms with Gasteiger partial charge in [0.25, 0.3) is 0 Å². The van der Waals surface area contributed by atoms with Gasteiger partial charge in [-0.2, -0.15) is 0 Å². The molecule has 1 atom stereocenters. The predicted molar refractivity (Wildman–Crippen MR) is 60.1 cm³/mol. The van der Waals surface area contributed by atoms with Crippen LogP contribution in [0.3, 0.4) is 0 Å². The Bertz CT molecular complexity index is 352. The summed E-state index contributed by atoms with van der Waals surface area (Å²) in [6, 6.07) is 4.14. The lowest BCUT2D eigenvalue weighted by Crippen LogP contribution is -2.40. The topological polar surface area (TPSA) is 61.1 Å². The fraction of sp³-hybridized carbons (Fsp3) is 0.400. The van der Waals surface area contributed by atoms with Crippen LogP contribution in [0.5, 0.6) is 0 Å². The van der Waals surface area contributed by atoms with Crippen molar-refractivity contribution >= 4 is 17.0 Å². The number of hydrogen-bond acceptors (Lipinski definition) is 3. The number of nitrogens with one attached hydrogen (secondary N) is 1. The monoisotopic (exact) mass is 230 g/mol. The maximum atomic E-state index is 13.1. The first-order valence-corrected chi connectivity index (χ1v) is 5.69. The molecule has 1 unspecified atom stereocenters. The van der Waals surface area contributed by atoms with Crippen molar-refractivity contribution in [1.82, 2.24) is 4.72 Å². The molecule has 0 aliphatic rings. The van der Waals surface area contributed by atoms with Crippen molar-refractivity contribution in [1.29, 1.82) is 0 Å². The Hall–Kier alpha value is -0.780. The summed E-state index contributed by atoms with van der Waals surface area (Å²) in [7, 11) is 0. The molecular weight excluding hydrogens is 215 g/mol. The van der Waals surface area contributed by atoms with E-state index in [0.717, 1.165) is 0 Å². The fourth-order valence-corrected chi connectivity index (χ4v) is 2.04. The van der Waals surface area contributed by atoms with E-state index >= 15 is 0 Å². The number of nitrogen functional groups attached to an aromatic ring is 1. The van der Waals surface area contributed by atoms with Gasteiger partial charge in [-0.25, -0.2) is 4.39 Å². The molecule has 1 aromatic rings. The summed E-state index contributed by atoms with van der Waals surface area (Å²) in [6.07, 6.45) is 0. The van der Waals surface area contributed by atoms with Gasteiger partial charge in [0.05, 0.1) is 22.6 Å². The highest BCUT2D eigenvalue weighted by molar-refractivity contribution is 7.89. The lowest BCUT2D eigenvalue weighted by molar-refractivity contribution is 0.490. The lowest BCUT2D eigenvalue weighted by atomic mass is 10.1. The summed E-state index contributed by atoms with van der Waals surface area (Å²) in [4.78, 5) is 0.386. The predicted octanol–water partition coefficient (Wildman–Crippen LogP) is 1.82. The van der Waals surface area contributed by atoms with Gasteiger partial charge >= 0.3 is 0 Å². The van der Waals surface area contributed by atoms with E-state index in [4.69, 9.17) is 5.73 Å². The molecule has 3 N–H and O–H groups in total. The van der Waals surface area contributed by atoms with Crippen molar-refractivity contribution in [3.05, 3.63) is 24.0 Å². The second-order valence-electron chi connectivity index (χ2n) is 4.30. The highest BCUT2D eigenvalue weighted by atomic mass is 32.2. The summed E-state index contributed by atoms with van der Waals surface area (Å²) >= 11 is -1.42. The molecule has 0 aromatic heterocycles. The van der Waals surface area contributed by atoms with E-state index in [2.05, 4.69) is 4.72 Å². The van der Waals surface area contributed by atoms with Crippen LogP contribution >= 0.6 is 0 Å². The van der Waals surface area contributed by atoms with E-state index in [0.29, 0.717) is 4.90 Å². The van der Waals surface area contributed by atoms with Gasteiger partial charge in [-0.1, -0.05) is 0 Å². The second-order valence-corrected chi connectivity index (χ2v) is 5.52. The zero-order chi connectivity index (χ0) is 11.6. The van der Waals surface area contributed by atoms with Crippen LogP contribution in [0.1, 0.15) is 20.8 Å². The minimum absolute atomic E-state index is 0.0616. The van der Waals surface area contributed by atoms with E-state index in [-0.39, 0.29) is 11.2 Å². The third-order valence-corrected chi connectivity index (χ3v) is 3.06. The normalized spacial score (nSPS) is 13.9. The van der Waals surface area contributed by atoms with Crippen molar-refractivity contribution in [2.75, 3.05) is 5.73 Å². The molecule has 0 bridgehead atoms. The quantitative estimate of drug-likeness (QED) is 0.602. The lowest BCUT2D eigenvalue weighted by Gasteiger charge is -2.21. The maximum absolute atomic E-state index is 13.1. The molecule has 3 nitrogen and oxygen atoms in total. The molecule has 0 aliphatic carbocycles. The number of nitrogens with two attached hydrogens (primary N) is 1. The van der Waals surface area contributed by atoms with E-state index in [1.807, 2.05) is 20.8 Å². The van der Waals surface area contributed by atoms with Crippen molar-refractivity contribution in [2.45, 2.75) is 31.2 Å². The van der Waals surface area contributed by atoms with Crippen molar-refractivity contribution in [3.8, 4) is 0 Å². The number of benzene rings is 1. The molecule has 84 valence electrons. The molecule has 5 heteroatoms. The molecule has 0 aliphatic heterocycles. The Labute approximate surface area is 92.2 Å². The summed E-state index contributed by atoms with van der Waals surface area (Å²) in [6.45, 7) is 5.66. The van der Waals surface area contributed by atoms with Crippen LogP contribution < -0.4 is 10.5 Å². The van der Waals surface area contributed by atoms with Gasteiger partial charge in [0.2, 0.25) is 0 Å². The van der Waals surface area contributed by atoms with Crippen LogP contribution in [0.25, 0.3) is 0 Å². The smallest absolute Gasteiger partial charge is 0.177 e. The average Bonchev–Trinajstić information content (AvgIpc) is 2.06. The summed E-state index contributed by atoms with van der Waals surface area (Å²) in [5.41, 5.74) is 5.09. The number of halogens is 1. The SMILES string of the molecule is CC(C)(C)N[S+]([O-])c1ccc(N)c(F)c1. The summed E-state index contributed by atoms with van der Waals surface area (Å²) < 4.78 is 27.6. The highest BCUT2D eigenvalue weighted by Gasteiger charge is 2.21. The number of hydrogen-bond donors (Lipinski definition) is 2. The minimum atomic E-state index is -1.42. The first kappa shape index (κ1) is 12.3. The molecule has 0 amide bonds. The third-order valence-electron chi connectivity index (χ3n) is 1.58. The Morgan fingerprint density at radius 3 is 2.47 bits per heavy atom. The summed E-state index contributed by atoms with van der Waals surface area (Å²) in [5, 5.41) is 0. The molecular formula is C10H15FN2OS. The van der Waals surface area contributed by atoms with Crippen molar-refractivity contribution < 1.29 is 8.94 Å². The largest absolute Gasteiger partial charge is 0.593 e. The third kappa shape index (κ3) is 3.70. The molecule has 0 fully saturated rings. The van der Waals surface area contributed by atoms with Crippen molar-refractivity contribution in [3.63, 3.8) is 0 Å². The van der Waals surface area contributed by atoms with Crippen LogP contribution in [0.15, 0.2) is 23.1 Å². The Morgan fingerprint density at radius 1 is 1.40 bits per heavy atom. The van der Waals surface area contributed by atoms with E-state index in [1.54, 1.807) is 6.07 Å². The van der Waals surface area contributed by atoms with Gasteiger partial charge in [-0.3, -0.25) is 0 Å². The van der Waals surface area contributed by atoms with Crippen LogP contribution in [0.4, 0.5) is 10.1 Å². The van der Waals surface area contributed by atoms with Crippen LogP contribution in [0, 0.1) is 5.82 Å². The van der Waals surface area contributed by atoms with Gasteiger partial charge in [0, 0.05) is 6.07 Å². The van der Waals surface area contributed by atoms with Crippen LogP contribution in [-0.2, 0) is 11.4 Å². The number of rotatable bonds is 2. The van der Waals surface area contributed by atoms with Crippen molar-refractivity contribution in [2.24, 2.45) is 0 Å². The average molecular weight is 230 g/mol. The van der Waals surface area contributed by atoms with E-state index in [1.165, 1.54) is 12.1 Å². The first-order chi connectivity index (χ1) is 6.79. The van der Waals surface area contributed by atoms with E-state index in [9.17, 15) is 8.94 Å². The Morgan fingerprint density at radius 2 is 2.00 bits per heavy atom. The summed E-state index contributed by atoms with van der Waals surface area (Å²) in [5.74, 6) is -0.545. The maximum Gasteiger partial charge on any atom is 0.177 e. The highest BCUT2D eigenvalue weighted by Crippen LogP contribution is 2.17. The Balaban J connectivity index is 2.83. The van der Waals surface area contributed by atoms with Crippen LogP contribution in [-0.4, -0.2) is 10.1 Å². The molecule has 0 heterocycles. The second kappa shape index (κ2) is 4.38. The van der Waals surface area contributed by atoms with Gasteiger partial charge in [0.15, 0.2) is 10.7 Å². The van der Waals surface area contributed by atoms with Crippen LogP contribution in [0.2, 0.25) is 0 Å². The molecule has 1 aromatic carbocycles. The molecule has 0 saturated heterocycles.